The molecule has 3 heteroatoms. The van der Waals surface area contributed by atoms with Crippen LogP contribution < -0.4 is 5.46 Å². The first-order valence-corrected chi connectivity index (χ1v) is 9.51. The molecule has 4 aromatic rings. The van der Waals surface area contributed by atoms with Crippen molar-refractivity contribution in [1.82, 2.24) is 0 Å². The van der Waals surface area contributed by atoms with Crippen LogP contribution in [0.2, 0.25) is 0 Å². The molecule has 29 heavy (non-hydrogen) atoms. The van der Waals surface area contributed by atoms with Crippen LogP contribution in [0.4, 0.5) is 0 Å². The van der Waals surface area contributed by atoms with Gasteiger partial charge in [-0.15, -0.1) is 0 Å². The molecule has 4 aromatic carbocycles. The Labute approximate surface area is 171 Å². The van der Waals surface area contributed by atoms with Gasteiger partial charge in [0.1, 0.15) is 0 Å². The molecule has 0 unspecified atom stereocenters. The average molecular weight is 376 g/mol. The molecule has 4 rings (SSSR count). The van der Waals surface area contributed by atoms with E-state index in [0.717, 1.165) is 33.0 Å². The van der Waals surface area contributed by atoms with Crippen LogP contribution in [0.1, 0.15) is 11.1 Å². The first-order valence-electron chi connectivity index (χ1n) is 9.51. The molecule has 0 atom stereocenters. The number of benzene rings is 4. The quantitative estimate of drug-likeness (QED) is 0.474. The lowest BCUT2D eigenvalue weighted by molar-refractivity contribution is 0.426. The molecule has 0 aliphatic carbocycles. The van der Waals surface area contributed by atoms with Crippen LogP contribution in [-0.4, -0.2) is 17.2 Å². The highest BCUT2D eigenvalue weighted by molar-refractivity contribution is 6.63. The van der Waals surface area contributed by atoms with Gasteiger partial charge >= 0.3 is 7.12 Å². The molecule has 0 aliphatic rings. The van der Waals surface area contributed by atoms with Crippen LogP contribution in [0, 0.1) is 0 Å². The minimum atomic E-state index is -1.60. The molecule has 0 radical (unpaired) electrons. The van der Waals surface area contributed by atoms with Gasteiger partial charge < -0.3 is 10.0 Å². The predicted octanol–water partition coefficient (Wildman–Crippen LogP) is 5.14. The van der Waals surface area contributed by atoms with Gasteiger partial charge in [0, 0.05) is 0 Å². The molecule has 0 aliphatic heterocycles. The van der Waals surface area contributed by atoms with Crippen LogP contribution >= 0.6 is 0 Å². The van der Waals surface area contributed by atoms with Gasteiger partial charge in [-0.3, -0.25) is 0 Å². The van der Waals surface area contributed by atoms with Crippen LogP contribution in [0.5, 0.6) is 0 Å². The second-order valence-electron chi connectivity index (χ2n) is 6.89. The molecule has 0 heterocycles. The Kier molecular flexibility index (Phi) is 5.17. The van der Waals surface area contributed by atoms with E-state index >= 15 is 0 Å². The Bertz CT molecular complexity index is 1190. The van der Waals surface area contributed by atoms with E-state index in [9.17, 15) is 10.0 Å². The van der Waals surface area contributed by atoms with Crippen molar-refractivity contribution in [2.24, 2.45) is 0 Å². The average Bonchev–Trinajstić information content (AvgIpc) is 2.77. The van der Waals surface area contributed by atoms with E-state index in [1.54, 1.807) is 12.2 Å². The molecule has 0 spiro atoms. The molecule has 0 saturated heterocycles. The maximum Gasteiger partial charge on any atom is 0.489 e. The first-order chi connectivity index (χ1) is 14.2. The Hall–Kier alpha value is -3.40. The van der Waals surface area contributed by atoms with Crippen LogP contribution in [0.25, 0.3) is 45.2 Å². The number of hydrogen-bond acceptors (Lipinski definition) is 2. The molecule has 0 bridgehead atoms. The van der Waals surface area contributed by atoms with Gasteiger partial charge in [0.2, 0.25) is 0 Å². The number of hydrogen-bond donors (Lipinski definition) is 2. The minimum absolute atomic E-state index is 0.454. The summed E-state index contributed by atoms with van der Waals surface area (Å²) in [7, 11) is -1.60. The van der Waals surface area contributed by atoms with Crippen molar-refractivity contribution in [3.63, 3.8) is 0 Å². The smallest absolute Gasteiger partial charge is 0.423 e. The van der Waals surface area contributed by atoms with Gasteiger partial charge in [-0.25, -0.2) is 0 Å². The highest BCUT2D eigenvalue weighted by Crippen LogP contribution is 2.36. The van der Waals surface area contributed by atoms with Gasteiger partial charge in [-0.1, -0.05) is 104 Å². The summed E-state index contributed by atoms with van der Waals surface area (Å²) in [4.78, 5) is 0. The Morgan fingerprint density at radius 2 is 1.10 bits per heavy atom. The third-order valence-electron chi connectivity index (χ3n) is 5.28. The van der Waals surface area contributed by atoms with Crippen LogP contribution in [0.3, 0.4) is 0 Å². The lowest BCUT2D eigenvalue weighted by atomic mass is 9.70. The van der Waals surface area contributed by atoms with Crippen molar-refractivity contribution in [2.75, 3.05) is 0 Å². The third kappa shape index (κ3) is 3.31. The summed E-state index contributed by atoms with van der Waals surface area (Å²) < 4.78 is 0. The third-order valence-corrected chi connectivity index (χ3v) is 5.28. The zero-order valence-corrected chi connectivity index (χ0v) is 16.0. The van der Waals surface area contributed by atoms with Crippen molar-refractivity contribution in [2.45, 2.75) is 0 Å². The van der Waals surface area contributed by atoms with E-state index in [1.165, 1.54) is 5.56 Å². The van der Waals surface area contributed by atoms with Crippen molar-refractivity contribution in [1.29, 1.82) is 0 Å². The van der Waals surface area contributed by atoms with E-state index < -0.39 is 7.12 Å². The lowest BCUT2D eigenvalue weighted by Crippen LogP contribution is -2.33. The highest BCUT2D eigenvalue weighted by Gasteiger charge is 2.24. The second kappa shape index (κ2) is 7.92. The molecule has 0 fully saturated rings. The van der Waals surface area contributed by atoms with Gasteiger partial charge in [0.25, 0.3) is 0 Å². The van der Waals surface area contributed by atoms with Crippen molar-refractivity contribution >= 4 is 35.5 Å². The largest absolute Gasteiger partial charge is 0.489 e. The Morgan fingerprint density at radius 1 is 0.586 bits per heavy atom. The zero-order valence-electron chi connectivity index (χ0n) is 16.0. The highest BCUT2D eigenvalue weighted by atomic mass is 16.4. The van der Waals surface area contributed by atoms with Crippen LogP contribution in [-0.2, 0) is 0 Å². The summed E-state index contributed by atoms with van der Waals surface area (Å²) >= 11 is 0. The van der Waals surface area contributed by atoms with Gasteiger partial charge in [0.05, 0.1) is 0 Å². The first kappa shape index (κ1) is 18.9. The predicted molar refractivity (Wildman–Crippen MR) is 125 cm³/mol. The monoisotopic (exact) mass is 376 g/mol. The molecule has 140 valence electrons. The van der Waals surface area contributed by atoms with E-state index in [4.69, 9.17) is 0 Å². The Balaban J connectivity index is 2.00. The van der Waals surface area contributed by atoms with Crippen molar-refractivity contribution < 1.29 is 10.0 Å². The summed E-state index contributed by atoms with van der Waals surface area (Å²) in [5.41, 5.74) is 6.34. The molecule has 2 nitrogen and oxygen atoms in total. The minimum Gasteiger partial charge on any atom is -0.423 e. The maximum atomic E-state index is 10.1. The fourth-order valence-electron chi connectivity index (χ4n) is 3.99. The Morgan fingerprint density at radius 3 is 1.69 bits per heavy atom. The fourth-order valence-corrected chi connectivity index (χ4v) is 3.99. The summed E-state index contributed by atoms with van der Waals surface area (Å²) in [6.45, 7) is 7.90. The standard InChI is InChI=1S/C26H21BO2/c1-3-21-22(4-2)26(27(28)29)24-13-9-8-12-23(24)25(21)20-16-14-19(15-17-20)18-10-6-5-7-11-18/h3-17,28-29H,1-2H2. The summed E-state index contributed by atoms with van der Waals surface area (Å²) in [5.74, 6) is 0. The number of rotatable bonds is 5. The summed E-state index contributed by atoms with van der Waals surface area (Å²) in [6, 6.07) is 26.4. The van der Waals surface area contributed by atoms with Gasteiger partial charge in [-0.05, 0) is 49.6 Å². The molecule has 0 aromatic heterocycles. The normalized spacial score (nSPS) is 10.7. The van der Waals surface area contributed by atoms with Crippen LogP contribution in [0.15, 0.2) is 92.0 Å². The second-order valence-corrected chi connectivity index (χ2v) is 6.89. The fraction of sp³-hybridized carbons (Fsp3) is 0. The van der Waals surface area contributed by atoms with E-state index in [2.05, 4.69) is 49.6 Å². The summed E-state index contributed by atoms with van der Waals surface area (Å²) in [5, 5.41) is 21.8. The molecular formula is C26H21BO2. The summed E-state index contributed by atoms with van der Waals surface area (Å²) in [6.07, 6.45) is 3.43. The van der Waals surface area contributed by atoms with E-state index in [1.807, 2.05) is 42.5 Å². The van der Waals surface area contributed by atoms with Gasteiger partial charge in [-0.2, -0.15) is 0 Å². The molecule has 2 N–H and O–H groups in total. The van der Waals surface area contributed by atoms with E-state index in [0.29, 0.717) is 11.0 Å². The van der Waals surface area contributed by atoms with Crippen molar-refractivity contribution in [3.05, 3.63) is 103 Å². The van der Waals surface area contributed by atoms with E-state index in [-0.39, 0.29) is 0 Å². The molecule has 0 saturated carbocycles. The molecule has 0 amide bonds. The van der Waals surface area contributed by atoms with Gasteiger partial charge in [0.15, 0.2) is 0 Å². The molecular weight excluding hydrogens is 355 g/mol. The topological polar surface area (TPSA) is 40.5 Å². The zero-order chi connectivity index (χ0) is 20.4. The SMILES string of the molecule is C=Cc1c(C=C)c(-c2ccc(-c3ccccc3)cc2)c2ccccc2c1B(O)O. The lowest BCUT2D eigenvalue weighted by Gasteiger charge is -2.19. The number of fused-ring (bicyclic) bond motifs is 1. The maximum absolute atomic E-state index is 10.1. The van der Waals surface area contributed by atoms with Crippen molar-refractivity contribution in [3.8, 4) is 22.3 Å².